The average molecular weight is 203 g/mol. The predicted octanol–water partition coefficient (Wildman–Crippen LogP) is 1.58. The molecule has 0 saturated heterocycles. The van der Waals surface area contributed by atoms with Gasteiger partial charge in [-0.3, -0.25) is 4.79 Å². The number of carbonyl (C=O) groups excluding carboxylic acids is 1. The molecule has 0 aliphatic heterocycles. The zero-order valence-electron chi connectivity index (χ0n) is 8.90. The molecule has 0 N–H and O–H groups in total. The predicted molar refractivity (Wildman–Crippen MR) is 57.6 cm³/mol. The molecule has 2 aromatic rings. The topological polar surface area (TPSA) is 47.8 Å². The molecule has 2 rings (SSSR count). The van der Waals surface area contributed by atoms with Crippen LogP contribution >= 0.6 is 0 Å². The lowest BCUT2D eigenvalue weighted by Gasteiger charge is -2.02. The van der Waals surface area contributed by atoms with Crippen LogP contribution in [-0.2, 0) is 17.8 Å². The van der Waals surface area contributed by atoms with Crippen molar-refractivity contribution in [1.29, 1.82) is 0 Å². The normalized spacial score (nSPS) is 10.8. The second kappa shape index (κ2) is 3.81. The SMILES string of the molecule is CCn1c(CC(C)=O)nc2cccnc21. The molecule has 0 unspecified atom stereocenters. The Balaban J connectivity index is 2.58. The largest absolute Gasteiger partial charge is 0.313 e. The Bertz CT molecular complexity index is 502. The van der Waals surface area contributed by atoms with Gasteiger partial charge >= 0.3 is 0 Å². The lowest BCUT2D eigenvalue weighted by molar-refractivity contribution is -0.116. The Labute approximate surface area is 88.0 Å². The van der Waals surface area contributed by atoms with Gasteiger partial charge in [0.25, 0.3) is 0 Å². The third kappa shape index (κ3) is 1.75. The summed E-state index contributed by atoms with van der Waals surface area (Å²) in [5.74, 6) is 0.929. The Hall–Kier alpha value is -1.71. The van der Waals surface area contributed by atoms with E-state index in [0.717, 1.165) is 23.5 Å². The molecule has 0 aliphatic rings. The van der Waals surface area contributed by atoms with Crippen LogP contribution in [0, 0.1) is 0 Å². The van der Waals surface area contributed by atoms with Crippen molar-refractivity contribution in [2.75, 3.05) is 0 Å². The van der Waals surface area contributed by atoms with Crippen LogP contribution in [-0.4, -0.2) is 20.3 Å². The highest BCUT2D eigenvalue weighted by Gasteiger charge is 2.11. The van der Waals surface area contributed by atoms with Crippen LogP contribution in [0.2, 0.25) is 0 Å². The molecule has 2 heterocycles. The Morgan fingerprint density at radius 3 is 3.00 bits per heavy atom. The van der Waals surface area contributed by atoms with E-state index in [-0.39, 0.29) is 5.78 Å². The molecule has 0 saturated carbocycles. The van der Waals surface area contributed by atoms with Crippen molar-refractivity contribution in [3.63, 3.8) is 0 Å². The van der Waals surface area contributed by atoms with E-state index < -0.39 is 0 Å². The number of ketones is 1. The van der Waals surface area contributed by atoms with Crippen molar-refractivity contribution >= 4 is 16.9 Å². The fourth-order valence-corrected chi connectivity index (χ4v) is 1.70. The molecule has 4 heteroatoms. The van der Waals surface area contributed by atoms with Gasteiger partial charge in [0.05, 0.1) is 6.42 Å². The lowest BCUT2D eigenvalue weighted by atomic mass is 10.3. The van der Waals surface area contributed by atoms with Crippen LogP contribution in [0.5, 0.6) is 0 Å². The summed E-state index contributed by atoms with van der Waals surface area (Å²) in [6.07, 6.45) is 2.12. The maximum atomic E-state index is 11.1. The van der Waals surface area contributed by atoms with Gasteiger partial charge < -0.3 is 4.57 Å². The van der Waals surface area contributed by atoms with Crippen molar-refractivity contribution in [1.82, 2.24) is 14.5 Å². The van der Waals surface area contributed by atoms with Crippen LogP contribution in [0.3, 0.4) is 0 Å². The number of hydrogen-bond acceptors (Lipinski definition) is 3. The monoisotopic (exact) mass is 203 g/mol. The summed E-state index contributed by atoms with van der Waals surface area (Å²) in [5.41, 5.74) is 1.71. The van der Waals surface area contributed by atoms with Gasteiger partial charge in [0, 0.05) is 12.7 Å². The molecule has 0 radical (unpaired) electrons. The van der Waals surface area contributed by atoms with E-state index in [2.05, 4.69) is 9.97 Å². The Kier molecular flexibility index (Phi) is 2.49. The van der Waals surface area contributed by atoms with Gasteiger partial charge in [-0.1, -0.05) is 0 Å². The Morgan fingerprint density at radius 1 is 1.53 bits per heavy atom. The van der Waals surface area contributed by atoms with Gasteiger partial charge in [-0.2, -0.15) is 0 Å². The Morgan fingerprint density at radius 2 is 2.33 bits per heavy atom. The molecule has 2 aromatic heterocycles. The van der Waals surface area contributed by atoms with E-state index in [4.69, 9.17) is 0 Å². The fraction of sp³-hybridized carbons (Fsp3) is 0.364. The van der Waals surface area contributed by atoms with Gasteiger partial charge in [0.1, 0.15) is 17.1 Å². The zero-order valence-corrected chi connectivity index (χ0v) is 8.90. The minimum absolute atomic E-state index is 0.125. The molecule has 0 atom stereocenters. The molecule has 78 valence electrons. The van der Waals surface area contributed by atoms with Crippen molar-refractivity contribution in [3.05, 3.63) is 24.2 Å². The summed E-state index contributed by atoms with van der Waals surface area (Å²) >= 11 is 0. The summed E-state index contributed by atoms with van der Waals surface area (Å²) in [5, 5.41) is 0. The number of pyridine rings is 1. The zero-order chi connectivity index (χ0) is 10.8. The first-order valence-corrected chi connectivity index (χ1v) is 5.02. The van der Waals surface area contributed by atoms with Crippen LogP contribution in [0.15, 0.2) is 18.3 Å². The molecule has 0 spiro atoms. The van der Waals surface area contributed by atoms with Crippen molar-refractivity contribution in [2.45, 2.75) is 26.8 Å². The maximum Gasteiger partial charge on any atom is 0.159 e. The van der Waals surface area contributed by atoms with E-state index >= 15 is 0 Å². The highest BCUT2D eigenvalue weighted by atomic mass is 16.1. The summed E-state index contributed by atoms with van der Waals surface area (Å²) in [6, 6.07) is 3.77. The number of carbonyl (C=O) groups is 1. The number of rotatable bonds is 3. The van der Waals surface area contributed by atoms with Crippen molar-refractivity contribution in [2.24, 2.45) is 0 Å². The van der Waals surface area contributed by atoms with E-state index in [1.165, 1.54) is 0 Å². The highest BCUT2D eigenvalue weighted by Crippen LogP contribution is 2.13. The van der Waals surface area contributed by atoms with Crippen molar-refractivity contribution < 1.29 is 4.79 Å². The minimum Gasteiger partial charge on any atom is -0.313 e. The quantitative estimate of drug-likeness (QED) is 0.761. The highest BCUT2D eigenvalue weighted by molar-refractivity contribution is 5.79. The molecule has 0 amide bonds. The molecule has 15 heavy (non-hydrogen) atoms. The number of imidazole rings is 1. The first-order chi connectivity index (χ1) is 7.22. The molecular weight excluding hydrogens is 190 g/mol. The number of nitrogens with zero attached hydrogens (tertiary/aromatic N) is 3. The lowest BCUT2D eigenvalue weighted by Crippen LogP contribution is -2.06. The number of fused-ring (bicyclic) bond motifs is 1. The smallest absolute Gasteiger partial charge is 0.159 e. The number of aryl methyl sites for hydroxylation is 1. The van der Waals surface area contributed by atoms with Crippen LogP contribution in [0.1, 0.15) is 19.7 Å². The molecule has 0 aromatic carbocycles. The second-order valence-corrected chi connectivity index (χ2v) is 3.50. The summed E-state index contributed by atoms with van der Waals surface area (Å²) in [7, 11) is 0. The third-order valence-corrected chi connectivity index (χ3v) is 2.31. The summed E-state index contributed by atoms with van der Waals surface area (Å²) < 4.78 is 1.98. The number of aromatic nitrogens is 3. The second-order valence-electron chi connectivity index (χ2n) is 3.50. The third-order valence-electron chi connectivity index (χ3n) is 2.31. The van der Waals surface area contributed by atoms with Gasteiger partial charge in [0.15, 0.2) is 5.65 Å². The number of hydrogen-bond donors (Lipinski definition) is 0. The molecule has 0 fully saturated rings. The van der Waals surface area contributed by atoms with E-state index in [1.54, 1.807) is 13.1 Å². The molecule has 0 aliphatic carbocycles. The van der Waals surface area contributed by atoms with Gasteiger partial charge in [-0.15, -0.1) is 0 Å². The van der Waals surface area contributed by atoms with E-state index in [0.29, 0.717) is 6.42 Å². The standard InChI is InChI=1S/C11H13N3O/c1-3-14-10(7-8(2)15)13-9-5-4-6-12-11(9)14/h4-6H,3,7H2,1-2H3. The van der Waals surface area contributed by atoms with Crippen molar-refractivity contribution in [3.8, 4) is 0 Å². The van der Waals surface area contributed by atoms with Crippen LogP contribution in [0.4, 0.5) is 0 Å². The summed E-state index contributed by atoms with van der Waals surface area (Å²) in [6.45, 7) is 4.39. The molecular formula is C11H13N3O. The first-order valence-electron chi connectivity index (χ1n) is 5.02. The summed E-state index contributed by atoms with van der Waals surface area (Å²) in [4.78, 5) is 19.8. The van der Waals surface area contributed by atoms with E-state index in [9.17, 15) is 4.79 Å². The maximum absolute atomic E-state index is 11.1. The molecule has 0 bridgehead atoms. The number of Topliss-reactive ketones (excluding diaryl/α,β-unsaturated/α-hetero) is 1. The molecule has 4 nitrogen and oxygen atoms in total. The fourth-order valence-electron chi connectivity index (χ4n) is 1.70. The van der Waals surface area contributed by atoms with Gasteiger partial charge in [-0.05, 0) is 26.0 Å². The minimum atomic E-state index is 0.125. The van der Waals surface area contributed by atoms with Gasteiger partial charge in [0.2, 0.25) is 0 Å². The average Bonchev–Trinajstić information content (AvgIpc) is 2.53. The van der Waals surface area contributed by atoms with Crippen LogP contribution in [0.25, 0.3) is 11.2 Å². The van der Waals surface area contributed by atoms with Crippen LogP contribution < -0.4 is 0 Å². The first kappa shape index (κ1) is 9.83. The van der Waals surface area contributed by atoms with Gasteiger partial charge in [-0.25, -0.2) is 9.97 Å². The van der Waals surface area contributed by atoms with E-state index in [1.807, 2.05) is 23.6 Å².